The van der Waals surface area contributed by atoms with Crippen molar-refractivity contribution in [1.82, 2.24) is 20.0 Å². The van der Waals surface area contributed by atoms with Gasteiger partial charge in [0.05, 0.1) is 28.9 Å². The van der Waals surface area contributed by atoms with Crippen LogP contribution in [0.4, 0.5) is 9.57 Å². The number of hydrogen-bond acceptors (Lipinski definition) is 5. The first-order valence-corrected chi connectivity index (χ1v) is 12.7. The predicted octanol–water partition coefficient (Wildman–Crippen LogP) is 6.53. The van der Waals surface area contributed by atoms with Crippen molar-refractivity contribution in [3.05, 3.63) is 96.3 Å². The number of allylic oxidation sites excluding steroid dienone is 2. The van der Waals surface area contributed by atoms with Gasteiger partial charge in [0.25, 0.3) is 0 Å². The van der Waals surface area contributed by atoms with Crippen molar-refractivity contribution in [2.75, 3.05) is 25.5 Å². The number of nitrogens with one attached hydrogen (secondary N) is 2. The Hall–Kier alpha value is -3.78. The molecule has 1 amide bonds. The molecule has 0 fully saturated rings. The Morgan fingerprint density at radius 3 is 2.49 bits per heavy atom. The average molecular weight is 520 g/mol. The molecule has 0 bridgehead atoms. The molecular formula is C29H34FN5OS. The molecular weight excluding hydrogens is 485 g/mol. The summed E-state index contributed by atoms with van der Waals surface area (Å²) in [6.07, 6.45) is 4.31. The third-order valence-corrected chi connectivity index (χ3v) is 6.62. The van der Waals surface area contributed by atoms with Crippen LogP contribution >= 0.6 is 12.1 Å². The van der Waals surface area contributed by atoms with E-state index >= 15 is 0 Å². The molecule has 2 aromatic carbocycles. The first-order chi connectivity index (χ1) is 17.7. The second kappa shape index (κ2) is 13.0. The van der Waals surface area contributed by atoms with Gasteiger partial charge in [0.2, 0.25) is 5.91 Å². The van der Waals surface area contributed by atoms with Crippen molar-refractivity contribution < 1.29 is 8.68 Å². The number of aryl methyl sites for hydroxylation is 1. The number of carbonyl (C=O) groups is 1. The normalized spacial score (nSPS) is 11.2. The van der Waals surface area contributed by atoms with Crippen LogP contribution in [0.5, 0.6) is 0 Å². The van der Waals surface area contributed by atoms with E-state index in [1.807, 2.05) is 62.5 Å². The molecule has 194 valence electrons. The minimum absolute atomic E-state index is 0.0999. The number of carbonyl (C=O) groups excluding carboxylic acids is 1. The van der Waals surface area contributed by atoms with Gasteiger partial charge >= 0.3 is 0 Å². The number of halogens is 1. The Labute approximate surface area is 223 Å². The zero-order valence-electron chi connectivity index (χ0n) is 21.8. The number of anilines is 1. The summed E-state index contributed by atoms with van der Waals surface area (Å²) in [5.41, 5.74) is 6.38. The van der Waals surface area contributed by atoms with Gasteiger partial charge in [-0.25, -0.2) is 4.68 Å². The molecule has 1 heterocycles. The largest absolute Gasteiger partial charge is 0.375 e. The predicted molar refractivity (Wildman–Crippen MR) is 153 cm³/mol. The summed E-state index contributed by atoms with van der Waals surface area (Å²) in [4.78, 5) is 13.8. The van der Waals surface area contributed by atoms with E-state index in [0.717, 1.165) is 58.1 Å². The van der Waals surface area contributed by atoms with Crippen LogP contribution in [0.2, 0.25) is 0 Å². The summed E-state index contributed by atoms with van der Waals surface area (Å²) in [5, 5.41) is 10.6. The average Bonchev–Trinajstić information content (AvgIpc) is 3.25. The summed E-state index contributed by atoms with van der Waals surface area (Å²) in [6.45, 7) is 15.3. The van der Waals surface area contributed by atoms with E-state index in [0.29, 0.717) is 11.4 Å². The molecule has 0 atom stereocenters. The topological polar surface area (TPSA) is 62.2 Å². The number of hydrogen-bond donors (Lipinski definition) is 2. The van der Waals surface area contributed by atoms with E-state index in [4.69, 9.17) is 0 Å². The van der Waals surface area contributed by atoms with Crippen molar-refractivity contribution in [2.24, 2.45) is 0 Å². The maximum atomic E-state index is 13.3. The Bertz CT molecular complexity index is 1300. The minimum Gasteiger partial charge on any atom is -0.375 e. The fraction of sp³-hybridized carbons (Fsp3) is 0.241. The molecule has 0 aliphatic rings. The summed E-state index contributed by atoms with van der Waals surface area (Å²) in [5.74, 6) is 0.637. The first-order valence-electron chi connectivity index (χ1n) is 12.0. The second-order valence-corrected chi connectivity index (χ2v) is 9.45. The standard InChI is InChI=1S/C29H34FN5OS/c1-20-10-7-8-11-27(20)21(2)18-29(35-23(4)28(37-30)19-32-35)31-16-9-17-34(6)22(3)25-12-14-26(15-13-25)33-24(5)36/h7-8,10-15,18-19,31H,2-3,9,16-17H2,1,4-6H3,(H,33,36)/b29-18-. The lowest BCUT2D eigenvalue weighted by molar-refractivity contribution is -0.114. The molecule has 0 saturated heterocycles. The number of nitrogens with zero attached hydrogens (tertiary/aromatic N) is 3. The monoisotopic (exact) mass is 519 g/mol. The van der Waals surface area contributed by atoms with Crippen molar-refractivity contribution in [3.8, 4) is 0 Å². The zero-order chi connectivity index (χ0) is 26.9. The van der Waals surface area contributed by atoms with Gasteiger partial charge in [-0.2, -0.15) is 8.98 Å². The quantitative estimate of drug-likeness (QED) is 0.210. The molecule has 3 aromatic rings. The van der Waals surface area contributed by atoms with E-state index < -0.39 is 0 Å². The van der Waals surface area contributed by atoms with Gasteiger partial charge in [-0.05, 0) is 60.7 Å². The fourth-order valence-electron chi connectivity index (χ4n) is 3.91. The van der Waals surface area contributed by atoms with E-state index in [1.165, 1.54) is 13.1 Å². The molecule has 37 heavy (non-hydrogen) atoms. The van der Waals surface area contributed by atoms with Crippen LogP contribution in [0.25, 0.3) is 17.1 Å². The highest BCUT2D eigenvalue weighted by Gasteiger charge is 2.13. The molecule has 0 aliphatic heterocycles. The number of rotatable bonds is 12. The minimum atomic E-state index is -0.0999. The van der Waals surface area contributed by atoms with Gasteiger partial charge in [-0.15, -0.1) is 0 Å². The molecule has 0 saturated carbocycles. The first kappa shape index (κ1) is 27.8. The molecule has 0 radical (unpaired) electrons. The van der Waals surface area contributed by atoms with E-state index in [2.05, 4.69) is 46.8 Å². The van der Waals surface area contributed by atoms with Crippen molar-refractivity contribution >= 4 is 40.8 Å². The number of aromatic nitrogens is 2. The second-order valence-electron chi connectivity index (χ2n) is 8.86. The Morgan fingerprint density at radius 1 is 1.16 bits per heavy atom. The van der Waals surface area contributed by atoms with E-state index in [1.54, 1.807) is 4.68 Å². The van der Waals surface area contributed by atoms with Crippen LogP contribution < -0.4 is 10.6 Å². The highest BCUT2D eigenvalue weighted by Crippen LogP contribution is 2.26. The molecule has 2 N–H and O–H groups in total. The summed E-state index contributed by atoms with van der Waals surface area (Å²) >= 11 is 0.191. The molecule has 3 rings (SSSR count). The van der Waals surface area contributed by atoms with Crippen LogP contribution in [0, 0.1) is 13.8 Å². The maximum Gasteiger partial charge on any atom is 0.221 e. The van der Waals surface area contributed by atoms with E-state index in [-0.39, 0.29) is 18.1 Å². The van der Waals surface area contributed by atoms with Gasteiger partial charge < -0.3 is 15.5 Å². The maximum absolute atomic E-state index is 13.3. The zero-order valence-corrected chi connectivity index (χ0v) is 22.7. The van der Waals surface area contributed by atoms with Crippen LogP contribution in [-0.4, -0.2) is 40.7 Å². The SMILES string of the molecule is C=C(/C=C(/NCCCN(C)C(=C)c1ccc(NC(C)=O)cc1)n1ncc(SF)c1C)c1ccccc1C. The summed E-state index contributed by atoms with van der Waals surface area (Å²) in [6, 6.07) is 15.7. The Kier molecular flexibility index (Phi) is 9.74. The van der Waals surface area contributed by atoms with Crippen molar-refractivity contribution in [2.45, 2.75) is 32.1 Å². The van der Waals surface area contributed by atoms with E-state index in [9.17, 15) is 8.68 Å². The third-order valence-electron chi connectivity index (χ3n) is 6.05. The number of amides is 1. The van der Waals surface area contributed by atoms with Gasteiger partial charge in [0.1, 0.15) is 5.82 Å². The summed E-state index contributed by atoms with van der Waals surface area (Å²) < 4.78 is 15.0. The Morgan fingerprint density at radius 2 is 1.86 bits per heavy atom. The molecule has 1 aromatic heterocycles. The van der Waals surface area contributed by atoms with Gasteiger partial charge in [-0.3, -0.25) is 4.79 Å². The highest BCUT2D eigenvalue weighted by atomic mass is 32.2. The molecule has 8 heteroatoms. The molecule has 6 nitrogen and oxygen atoms in total. The number of benzene rings is 2. The highest BCUT2D eigenvalue weighted by molar-refractivity contribution is 7.94. The van der Waals surface area contributed by atoms with Crippen molar-refractivity contribution in [1.29, 1.82) is 0 Å². The van der Waals surface area contributed by atoms with Gasteiger partial charge in [0.15, 0.2) is 0 Å². The smallest absolute Gasteiger partial charge is 0.221 e. The van der Waals surface area contributed by atoms with Crippen LogP contribution in [-0.2, 0) is 4.79 Å². The lowest BCUT2D eigenvalue weighted by atomic mass is 10.0. The van der Waals surface area contributed by atoms with Gasteiger partial charge in [0, 0.05) is 38.4 Å². The van der Waals surface area contributed by atoms with Gasteiger partial charge in [-0.1, -0.05) is 49.6 Å². The fourth-order valence-corrected chi connectivity index (χ4v) is 4.20. The van der Waals surface area contributed by atoms with Crippen molar-refractivity contribution in [3.63, 3.8) is 0 Å². The molecule has 0 unspecified atom stereocenters. The van der Waals surface area contributed by atoms with Crippen LogP contribution in [0.15, 0.2) is 78.9 Å². The lowest BCUT2D eigenvalue weighted by Crippen LogP contribution is -2.25. The summed E-state index contributed by atoms with van der Waals surface area (Å²) in [7, 11) is 2.00. The molecule has 0 aliphatic carbocycles. The third kappa shape index (κ3) is 7.36. The van der Waals surface area contributed by atoms with Crippen LogP contribution in [0.1, 0.15) is 35.7 Å². The lowest BCUT2D eigenvalue weighted by Gasteiger charge is -2.23. The van der Waals surface area contributed by atoms with Crippen LogP contribution in [0.3, 0.4) is 0 Å². The Balaban J connectivity index is 1.66. The molecule has 0 spiro atoms.